The lowest BCUT2D eigenvalue weighted by molar-refractivity contribution is -0.113. The highest BCUT2D eigenvalue weighted by Gasteiger charge is 2.46. The van der Waals surface area contributed by atoms with Gasteiger partial charge >= 0.3 is 0 Å². The Morgan fingerprint density at radius 2 is 2.12 bits per heavy atom. The molecule has 0 unspecified atom stereocenters. The van der Waals surface area contributed by atoms with Crippen molar-refractivity contribution in [2.45, 2.75) is 32.7 Å². The first-order chi connectivity index (χ1) is 13.5. The van der Waals surface area contributed by atoms with Crippen LogP contribution >= 0.6 is 0 Å². The van der Waals surface area contributed by atoms with Gasteiger partial charge in [0.15, 0.2) is 11.5 Å². The number of carbonyl (C=O) groups is 1. The molecule has 0 aromatic carbocycles. The van der Waals surface area contributed by atoms with Gasteiger partial charge in [0.2, 0.25) is 0 Å². The number of rotatable bonds is 2. The summed E-state index contributed by atoms with van der Waals surface area (Å²) >= 11 is 0. The van der Waals surface area contributed by atoms with Gasteiger partial charge in [-0.05, 0) is 36.5 Å². The minimum Gasteiger partial charge on any atom is -0.350 e. The van der Waals surface area contributed by atoms with Crippen molar-refractivity contribution in [2.75, 3.05) is 24.5 Å². The van der Waals surface area contributed by atoms with Gasteiger partial charge in [-0.2, -0.15) is 0 Å². The topological polar surface area (TPSA) is 62.2 Å². The summed E-state index contributed by atoms with van der Waals surface area (Å²) in [6.45, 7) is -0.610. The van der Waals surface area contributed by atoms with Gasteiger partial charge < -0.3 is 9.80 Å². The number of hydrogen-bond acceptors (Lipinski definition) is 5. The number of hydrogen-bond donors (Lipinski definition) is 0. The Hall–Kier alpha value is -2.64. The first-order valence-corrected chi connectivity index (χ1v) is 8.28. The van der Waals surface area contributed by atoms with Crippen LogP contribution in [0.1, 0.15) is 37.0 Å². The molecule has 1 amide bonds. The minimum atomic E-state index is -2.83. The summed E-state index contributed by atoms with van der Waals surface area (Å²) in [6, 6.07) is 3.19. The molecule has 4 heterocycles. The van der Waals surface area contributed by atoms with E-state index in [1.807, 2.05) is 4.90 Å². The number of anilines is 1. The molecule has 26 heavy (non-hydrogen) atoms. The molecule has 1 saturated heterocycles. The molecule has 2 aliphatic rings. The Balaban J connectivity index is 1.53. The number of alkyl halides is 2. The molecule has 136 valence electrons. The highest BCUT2D eigenvalue weighted by molar-refractivity contribution is 5.93. The Morgan fingerprint density at radius 3 is 2.81 bits per heavy atom. The third kappa shape index (κ3) is 3.00. The first-order valence-electron chi connectivity index (χ1n) is 9.78. The Kier molecular flexibility index (Phi) is 3.11. The van der Waals surface area contributed by atoms with E-state index in [1.165, 1.54) is 6.20 Å². The molecule has 2 aliphatic heterocycles. The van der Waals surface area contributed by atoms with E-state index >= 15 is 0 Å². The molecule has 0 radical (unpaired) electrons. The van der Waals surface area contributed by atoms with E-state index in [1.54, 1.807) is 19.1 Å². The van der Waals surface area contributed by atoms with E-state index in [9.17, 15) is 13.6 Å². The van der Waals surface area contributed by atoms with Gasteiger partial charge in [0.25, 0.3) is 11.8 Å². The van der Waals surface area contributed by atoms with Crippen LogP contribution in [0.5, 0.6) is 0 Å². The summed E-state index contributed by atoms with van der Waals surface area (Å²) < 4.78 is 48.7. The highest BCUT2D eigenvalue weighted by Crippen LogP contribution is 2.29. The smallest absolute Gasteiger partial charge is 0.282 e. The number of amides is 1. The van der Waals surface area contributed by atoms with Crippen molar-refractivity contribution in [2.24, 2.45) is 0 Å². The third-order valence-electron chi connectivity index (χ3n) is 4.65. The summed E-state index contributed by atoms with van der Waals surface area (Å²) in [4.78, 5) is 19.5. The van der Waals surface area contributed by atoms with Crippen LogP contribution in [0.15, 0.2) is 18.3 Å². The van der Waals surface area contributed by atoms with Crippen molar-refractivity contribution in [1.29, 1.82) is 0 Å². The molecule has 2 aromatic rings. The van der Waals surface area contributed by atoms with Crippen LogP contribution in [0.25, 0.3) is 0 Å². The van der Waals surface area contributed by atoms with Gasteiger partial charge in [0, 0.05) is 35.5 Å². The fourth-order valence-electron chi connectivity index (χ4n) is 3.32. The number of aryl methyl sites for hydroxylation is 2. The zero-order valence-corrected chi connectivity index (χ0v) is 14.2. The molecule has 8 heteroatoms. The second-order valence-electron chi connectivity index (χ2n) is 6.75. The zero-order chi connectivity index (χ0) is 21.0. The molecular weight excluding hydrogens is 340 g/mol. The predicted molar refractivity (Wildman–Crippen MR) is 91.3 cm³/mol. The number of nitrogens with zero attached hydrogens (tertiary/aromatic N) is 5. The van der Waals surface area contributed by atoms with Crippen LogP contribution in [0.4, 0.5) is 14.6 Å². The van der Waals surface area contributed by atoms with E-state index in [4.69, 9.17) is 4.11 Å². The highest BCUT2D eigenvalue weighted by atomic mass is 19.3. The van der Waals surface area contributed by atoms with Crippen molar-refractivity contribution < 1.29 is 17.7 Å². The average molecular weight is 362 g/mol. The molecule has 0 spiro atoms. The summed E-state index contributed by atoms with van der Waals surface area (Å²) in [5, 5.41) is 8.10. The van der Waals surface area contributed by atoms with Crippen LogP contribution < -0.4 is 4.90 Å². The van der Waals surface area contributed by atoms with Crippen LogP contribution in [0, 0.1) is 13.8 Å². The summed E-state index contributed by atoms with van der Waals surface area (Å²) in [7, 11) is 0. The van der Waals surface area contributed by atoms with Crippen LogP contribution in [-0.4, -0.2) is 51.5 Å². The number of carbonyl (C=O) groups excluding carboxylic acids is 1. The maximum atomic E-state index is 13.0. The lowest BCUT2D eigenvalue weighted by Crippen LogP contribution is -2.58. The Morgan fingerprint density at radius 1 is 1.31 bits per heavy atom. The largest absolute Gasteiger partial charge is 0.350 e. The van der Waals surface area contributed by atoms with Gasteiger partial charge in [0.05, 0.1) is 13.1 Å². The second-order valence-corrected chi connectivity index (χ2v) is 6.75. The zero-order valence-electron chi connectivity index (χ0n) is 17.2. The quantitative estimate of drug-likeness (QED) is 0.819. The van der Waals surface area contributed by atoms with Crippen LogP contribution in [0.2, 0.25) is 0 Å². The Bertz CT molecular complexity index is 974. The van der Waals surface area contributed by atoms with E-state index in [0.29, 0.717) is 30.9 Å². The van der Waals surface area contributed by atoms with Crippen molar-refractivity contribution in [3.05, 3.63) is 46.4 Å². The molecular formula is C18H19F2N5O. The maximum absolute atomic E-state index is 13.0. The molecule has 2 aromatic heterocycles. The molecule has 1 fully saturated rings. The number of pyridine rings is 1. The van der Waals surface area contributed by atoms with E-state index in [2.05, 4.69) is 15.2 Å². The molecule has 0 aliphatic carbocycles. The van der Waals surface area contributed by atoms with E-state index < -0.39 is 31.8 Å². The van der Waals surface area contributed by atoms with E-state index in [0.717, 1.165) is 16.2 Å². The van der Waals surface area contributed by atoms with Crippen molar-refractivity contribution in [1.82, 2.24) is 20.1 Å². The molecule has 0 bridgehead atoms. The fraction of sp³-hybridized carbons (Fsp3) is 0.444. The first kappa shape index (κ1) is 13.5. The second kappa shape index (κ2) is 5.96. The third-order valence-corrected chi connectivity index (χ3v) is 4.65. The number of aromatic nitrogens is 3. The fourth-order valence-corrected chi connectivity index (χ4v) is 3.32. The minimum absolute atomic E-state index is 0.0329. The SMILES string of the molecule is [2H]C([2H])([2H])c1cnc2c(c1)CN(c1nnc(C(=O)N3CC(F)(F)C3)cc1C)CC2. The molecule has 0 saturated carbocycles. The summed E-state index contributed by atoms with van der Waals surface area (Å²) in [5.74, 6) is -2.82. The molecule has 0 N–H and O–H groups in total. The van der Waals surface area contributed by atoms with Gasteiger partial charge in [-0.3, -0.25) is 9.78 Å². The molecule has 4 rings (SSSR count). The van der Waals surface area contributed by atoms with Crippen LogP contribution in [0.3, 0.4) is 0 Å². The van der Waals surface area contributed by atoms with Gasteiger partial charge in [0.1, 0.15) is 0 Å². The number of fused-ring (bicyclic) bond motifs is 1. The molecule has 6 nitrogen and oxygen atoms in total. The maximum Gasteiger partial charge on any atom is 0.282 e. The van der Waals surface area contributed by atoms with Gasteiger partial charge in [-0.15, -0.1) is 10.2 Å². The lowest BCUT2D eigenvalue weighted by Gasteiger charge is -2.38. The molecule has 0 atom stereocenters. The summed E-state index contributed by atoms with van der Waals surface area (Å²) in [5.41, 5.74) is 2.58. The van der Waals surface area contributed by atoms with Crippen molar-refractivity contribution >= 4 is 11.7 Å². The monoisotopic (exact) mass is 362 g/mol. The van der Waals surface area contributed by atoms with Crippen molar-refractivity contribution in [3.8, 4) is 0 Å². The van der Waals surface area contributed by atoms with E-state index in [-0.39, 0.29) is 11.3 Å². The average Bonchev–Trinajstić information content (AvgIpc) is 2.63. The Labute approximate surface area is 154 Å². The van der Waals surface area contributed by atoms with Gasteiger partial charge in [-0.1, -0.05) is 6.07 Å². The summed E-state index contributed by atoms with van der Waals surface area (Å²) in [6.07, 6.45) is 2.02. The van der Waals surface area contributed by atoms with Gasteiger partial charge in [-0.25, -0.2) is 8.78 Å². The van der Waals surface area contributed by atoms with Crippen molar-refractivity contribution in [3.63, 3.8) is 0 Å². The normalized spacial score (nSPS) is 20.5. The lowest BCUT2D eigenvalue weighted by atomic mass is 10.0. The van der Waals surface area contributed by atoms with Crippen LogP contribution in [-0.2, 0) is 13.0 Å². The number of likely N-dealkylation sites (tertiary alicyclic amines) is 1. The standard InChI is InChI=1S/C18H19F2N5O/c1-11-5-13-8-24(4-3-14(13)21-7-11)16-12(2)6-15(22-23-16)17(26)25-9-18(19,20)10-25/h5-7H,3-4,8-10H2,1-2H3/i1D3. The number of halogens is 2. The predicted octanol–water partition coefficient (Wildman–Crippen LogP) is 2.14.